The van der Waals surface area contributed by atoms with Crippen molar-refractivity contribution in [3.8, 4) is 5.75 Å². The summed E-state index contributed by atoms with van der Waals surface area (Å²) in [5.41, 5.74) is 7.39. The zero-order valence-corrected chi connectivity index (χ0v) is 8.03. The van der Waals surface area contributed by atoms with Gasteiger partial charge in [-0.1, -0.05) is 6.07 Å². The minimum Gasteiger partial charge on any atom is -0.494 e. The maximum atomic E-state index is 13.0. The van der Waals surface area contributed by atoms with E-state index in [1.54, 1.807) is 0 Å². The fraction of sp³-hybridized carbons (Fsp3) is 0.111. The van der Waals surface area contributed by atoms with Crippen LogP contribution in [-0.4, -0.2) is 19.4 Å². The molecule has 0 aromatic heterocycles. The molecule has 5 nitrogen and oxygen atoms in total. The third kappa shape index (κ3) is 3.26. The Morgan fingerprint density at radius 1 is 1.67 bits per heavy atom. The number of rotatable bonds is 3. The number of ether oxygens (including phenoxy) is 1. The van der Waals surface area contributed by atoms with Crippen molar-refractivity contribution < 1.29 is 13.9 Å². The number of hydrogen-bond acceptors (Lipinski definition) is 3. The zero-order chi connectivity index (χ0) is 11.3. The normalized spacial score (nSPS) is 10.3. The lowest BCUT2D eigenvalue weighted by Gasteiger charge is -2.01. The van der Waals surface area contributed by atoms with Gasteiger partial charge in [-0.2, -0.15) is 5.10 Å². The van der Waals surface area contributed by atoms with Crippen molar-refractivity contribution in [2.45, 2.75) is 0 Å². The summed E-state index contributed by atoms with van der Waals surface area (Å²) in [5, 5.41) is 3.52. The van der Waals surface area contributed by atoms with E-state index in [0.717, 1.165) is 0 Å². The summed E-state index contributed by atoms with van der Waals surface area (Å²) in [7, 11) is 1.36. The van der Waals surface area contributed by atoms with E-state index in [1.807, 2.05) is 5.43 Å². The summed E-state index contributed by atoms with van der Waals surface area (Å²) >= 11 is 0. The topological polar surface area (TPSA) is 76.7 Å². The van der Waals surface area contributed by atoms with Gasteiger partial charge < -0.3 is 10.5 Å². The van der Waals surface area contributed by atoms with E-state index in [-0.39, 0.29) is 5.75 Å². The molecule has 3 N–H and O–H groups in total. The summed E-state index contributed by atoms with van der Waals surface area (Å²) in [4.78, 5) is 10.3. The number of methoxy groups -OCH3 is 1. The number of amides is 2. The number of nitrogens with zero attached hydrogens (tertiary/aromatic N) is 1. The molecule has 15 heavy (non-hydrogen) atoms. The molecule has 1 rings (SSSR count). The van der Waals surface area contributed by atoms with Gasteiger partial charge in [-0.25, -0.2) is 14.6 Å². The number of nitrogens with two attached hydrogens (primary N) is 1. The fourth-order valence-electron chi connectivity index (χ4n) is 0.927. The predicted octanol–water partition coefficient (Wildman–Crippen LogP) is 0.836. The molecular formula is C9H10FN3O2. The lowest BCUT2D eigenvalue weighted by atomic mass is 10.2. The van der Waals surface area contributed by atoms with Gasteiger partial charge in [-0.15, -0.1) is 0 Å². The third-order valence-electron chi connectivity index (χ3n) is 1.56. The Kier molecular flexibility index (Phi) is 3.61. The Balaban J connectivity index is 2.78. The highest BCUT2D eigenvalue weighted by Crippen LogP contribution is 2.16. The van der Waals surface area contributed by atoms with Gasteiger partial charge in [0.05, 0.1) is 13.3 Å². The number of primary amides is 1. The number of carbonyl (C=O) groups is 1. The maximum absolute atomic E-state index is 13.0. The highest BCUT2D eigenvalue weighted by Gasteiger charge is 2.01. The number of benzene rings is 1. The van der Waals surface area contributed by atoms with Crippen molar-refractivity contribution in [2.75, 3.05) is 7.11 Å². The monoisotopic (exact) mass is 211 g/mol. The van der Waals surface area contributed by atoms with E-state index in [2.05, 4.69) is 5.10 Å². The Morgan fingerprint density at radius 2 is 2.40 bits per heavy atom. The Labute approximate surface area is 85.7 Å². The van der Waals surface area contributed by atoms with Gasteiger partial charge in [-0.05, 0) is 17.7 Å². The molecule has 0 bridgehead atoms. The summed E-state index contributed by atoms with van der Waals surface area (Å²) in [5.74, 6) is -0.351. The molecule has 0 radical (unpaired) electrons. The number of urea groups is 1. The molecule has 0 atom stereocenters. The Bertz CT molecular complexity index is 393. The van der Waals surface area contributed by atoms with Crippen LogP contribution in [0.4, 0.5) is 9.18 Å². The highest BCUT2D eigenvalue weighted by atomic mass is 19.1. The second kappa shape index (κ2) is 4.94. The fourth-order valence-corrected chi connectivity index (χ4v) is 0.927. The quantitative estimate of drug-likeness (QED) is 0.574. The Morgan fingerprint density at radius 3 is 3.00 bits per heavy atom. The molecule has 0 fully saturated rings. The zero-order valence-electron chi connectivity index (χ0n) is 8.03. The van der Waals surface area contributed by atoms with Crippen LogP contribution < -0.4 is 15.9 Å². The van der Waals surface area contributed by atoms with Crippen LogP contribution in [0.2, 0.25) is 0 Å². The van der Waals surface area contributed by atoms with Crippen LogP contribution >= 0.6 is 0 Å². The number of hydrazone groups is 1. The van der Waals surface area contributed by atoms with E-state index in [4.69, 9.17) is 10.5 Å². The first kappa shape index (κ1) is 11.0. The average molecular weight is 211 g/mol. The van der Waals surface area contributed by atoms with Crippen LogP contribution in [-0.2, 0) is 0 Å². The van der Waals surface area contributed by atoms with E-state index in [9.17, 15) is 9.18 Å². The molecule has 0 unspecified atom stereocenters. The number of hydrogen-bond donors (Lipinski definition) is 2. The van der Waals surface area contributed by atoms with E-state index < -0.39 is 11.8 Å². The first-order valence-corrected chi connectivity index (χ1v) is 4.05. The number of nitrogens with one attached hydrogen (secondary N) is 1. The second-order valence-electron chi connectivity index (χ2n) is 2.63. The number of halogens is 1. The van der Waals surface area contributed by atoms with E-state index in [0.29, 0.717) is 5.56 Å². The smallest absolute Gasteiger partial charge is 0.332 e. The average Bonchev–Trinajstić information content (AvgIpc) is 2.20. The minimum absolute atomic E-state index is 0.109. The van der Waals surface area contributed by atoms with Gasteiger partial charge in [0.15, 0.2) is 11.6 Å². The van der Waals surface area contributed by atoms with Gasteiger partial charge >= 0.3 is 6.03 Å². The molecule has 2 amide bonds. The second-order valence-corrected chi connectivity index (χ2v) is 2.63. The lowest BCUT2D eigenvalue weighted by molar-refractivity contribution is 0.249. The molecule has 0 aliphatic rings. The van der Waals surface area contributed by atoms with Crippen molar-refractivity contribution in [3.05, 3.63) is 29.6 Å². The summed E-state index contributed by atoms with van der Waals surface area (Å²) < 4.78 is 17.7. The molecule has 0 heterocycles. The van der Waals surface area contributed by atoms with Crippen LogP contribution in [0, 0.1) is 5.82 Å². The molecule has 6 heteroatoms. The summed E-state index contributed by atoms with van der Waals surface area (Å²) in [6.45, 7) is 0. The standard InChI is InChI=1S/C9H10FN3O2/c1-15-8-4-6(2-3-7(8)10)5-12-13-9(11)14/h2-5H,1H3,(H3,11,13,14). The molecule has 0 aliphatic carbocycles. The molecule has 1 aromatic rings. The van der Waals surface area contributed by atoms with E-state index in [1.165, 1.54) is 31.5 Å². The van der Waals surface area contributed by atoms with Gasteiger partial charge in [0, 0.05) is 0 Å². The summed E-state index contributed by atoms with van der Waals surface area (Å²) in [6, 6.07) is 3.41. The molecule has 0 spiro atoms. The lowest BCUT2D eigenvalue weighted by Crippen LogP contribution is -2.24. The van der Waals surface area contributed by atoms with Gasteiger partial charge in [0.2, 0.25) is 0 Å². The van der Waals surface area contributed by atoms with Crippen molar-refractivity contribution in [3.63, 3.8) is 0 Å². The van der Waals surface area contributed by atoms with Crippen LogP contribution in [0.25, 0.3) is 0 Å². The number of carbonyl (C=O) groups excluding carboxylic acids is 1. The maximum Gasteiger partial charge on any atom is 0.332 e. The molecule has 1 aromatic carbocycles. The van der Waals surface area contributed by atoms with Gasteiger partial charge in [0.25, 0.3) is 0 Å². The van der Waals surface area contributed by atoms with Crippen LogP contribution in [0.15, 0.2) is 23.3 Å². The molecule has 0 saturated carbocycles. The molecule has 80 valence electrons. The van der Waals surface area contributed by atoms with Gasteiger partial charge in [-0.3, -0.25) is 0 Å². The molecular weight excluding hydrogens is 201 g/mol. The summed E-state index contributed by atoms with van der Waals surface area (Å²) in [6.07, 6.45) is 1.33. The minimum atomic E-state index is -0.764. The van der Waals surface area contributed by atoms with Crippen LogP contribution in [0.3, 0.4) is 0 Å². The van der Waals surface area contributed by atoms with Crippen LogP contribution in [0.5, 0.6) is 5.75 Å². The van der Waals surface area contributed by atoms with Crippen LogP contribution in [0.1, 0.15) is 5.56 Å². The first-order valence-electron chi connectivity index (χ1n) is 4.05. The predicted molar refractivity (Wildman–Crippen MR) is 53.3 cm³/mol. The Hall–Kier alpha value is -2.11. The highest BCUT2D eigenvalue weighted by molar-refractivity contribution is 5.81. The van der Waals surface area contributed by atoms with Gasteiger partial charge in [0.1, 0.15) is 0 Å². The SMILES string of the molecule is COc1cc(C=NNC(N)=O)ccc1F. The van der Waals surface area contributed by atoms with Crippen molar-refractivity contribution in [1.82, 2.24) is 5.43 Å². The molecule has 0 aliphatic heterocycles. The van der Waals surface area contributed by atoms with Crippen molar-refractivity contribution >= 4 is 12.2 Å². The first-order chi connectivity index (χ1) is 7.13. The third-order valence-corrected chi connectivity index (χ3v) is 1.56. The van der Waals surface area contributed by atoms with E-state index >= 15 is 0 Å². The van der Waals surface area contributed by atoms with Crippen molar-refractivity contribution in [2.24, 2.45) is 10.8 Å². The largest absolute Gasteiger partial charge is 0.494 e. The van der Waals surface area contributed by atoms with Crippen molar-refractivity contribution in [1.29, 1.82) is 0 Å². The molecule has 0 saturated heterocycles.